The van der Waals surface area contributed by atoms with E-state index >= 15 is 0 Å². The SMILES string of the molecule is CC/C=C/CCCCCCCCCC/C=C/CCOC(C)=O. The molecule has 0 spiro atoms. The first-order valence-electron chi connectivity index (χ1n) is 9.20. The lowest BCUT2D eigenvalue weighted by Gasteiger charge is -2.01. The van der Waals surface area contributed by atoms with Crippen molar-refractivity contribution in [2.24, 2.45) is 0 Å². The number of allylic oxidation sites excluding steroid dienone is 3. The van der Waals surface area contributed by atoms with Gasteiger partial charge in [0.15, 0.2) is 0 Å². The van der Waals surface area contributed by atoms with Crippen molar-refractivity contribution in [3.05, 3.63) is 24.3 Å². The minimum atomic E-state index is -0.189. The summed E-state index contributed by atoms with van der Waals surface area (Å²) in [6.07, 6.45) is 24.3. The van der Waals surface area contributed by atoms with E-state index in [4.69, 9.17) is 4.74 Å². The van der Waals surface area contributed by atoms with Crippen molar-refractivity contribution in [1.29, 1.82) is 0 Å². The first kappa shape index (κ1) is 20.9. The molecule has 0 rings (SSSR count). The van der Waals surface area contributed by atoms with Gasteiger partial charge < -0.3 is 4.74 Å². The summed E-state index contributed by atoms with van der Waals surface area (Å²) in [5.41, 5.74) is 0. The molecule has 0 atom stereocenters. The van der Waals surface area contributed by atoms with Gasteiger partial charge in [-0.3, -0.25) is 4.79 Å². The summed E-state index contributed by atoms with van der Waals surface area (Å²) < 4.78 is 4.87. The minimum Gasteiger partial charge on any atom is -0.466 e. The topological polar surface area (TPSA) is 26.3 Å². The van der Waals surface area contributed by atoms with Crippen LogP contribution in [0, 0.1) is 0 Å². The number of rotatable bonds is 15. The smallest absolute Gasteiger partial charge is 0.302 e. The van der Waals surface area contributed by atoms with E-state index in [0.29, 0.717) is 6.61 Å². The molecule has 0 aliphatic carbocycles. The fourth-order valence-electron chi connectivity index (χ4n) is 2.38. The quantitative estimate of drug-likeness (QED) is 0.200. The predicted molar refractivity (Wildman–Crippen MR) is 96.0 cm³/mol. The number of esters is 1. The van der Waals surface area contributed by atoms with Crippen LogP contribution in [0.1, 0.15) is 90.9 Å². The van der Waals surface area contributed by atoms with Crippen LogP contribution < -0.4 is 0 Å². The Labute approximate surface area is 138 Å². The number of carbonyl (C=O) groups excluding carboxylic acids is 1. The van der Waals surface area contributed by atoms with Crippen LogP contribution in [-0.2, 0) is 9.53 Å². The summed E-state index contributed by atoms with van der Waals surface area (Å²) in [5, 5.41) is 0. The molecule has 0 aromatic carbocycles. The molecule has 0 radical (unpaired) electrons. The van der Waals surface area contributed by atoms with Gasteiger partial charge in [-0.15, -0.1) is 0 Å². The van der Waals surface area contributed by atoms with Gasteiger partial charge in [-0.25, -0.2) is 0 Å². The summed E-state index contributed by atoms with van der Waals surface area (Å²) in [7, 11) is 0. The maximum absolute atomic E-state index is 10.6. The Morgan fingerprint density at radius 1 is 0.727 bits per heavy atom. The van der Waals surface area contributed by atoms with Crippen LogP contribution in [-0.4, -0.2) is 12.6 Å². The third-order valence-corrected chi connectivity index (χ3v) is 3.65. The molecule has 0 saturated heterocycles. The fraction of sp³-hybridized carbons (Fsp3) is 0.750. The Hall–Kier alpha value is -1.05. The molecule has 128 valence electrons. The van der Waals surface area contributed by atoms with Crippen LogP contribution in [0.3, 0.4) is 0 Å². The molecule has 0 aliphatic heterocycles. The molecule has 0 heterocycles. The van der Waals surface area contributed by atoms with Gasteiger partial charge in [-0.1, -0.05) is 69.8 Å². The van der Waals surface area contributed by atoms with Crippen molar-refractivity contribution < 1.29 is 9.53 Å². The molecule has 0 fully saturated rings. The zero-order valence-corrected chi connectivity index (χ0v) is 14.8. The molecule has 0 unspecified atom stereocenters. The van der Waals surface area contributed by atoms with Crippen LogP contribution in [0.15, 0.2) is 24.3 Å². The lowest BCUT2D eigenvalue weighted by molar-refractivity contribution is -0.140. The van der Waals surface area contributed by atoms with E-state index in [9.17, 15) is 4.79 Å². The standard InChI is InChI=1S/C20H36O2/c1-3-4-5-6-7-8-9-10-11-12-13-14-15-16-17-18-19-22-20(2)21/h4-5,16-17H,3,6-15,18-19H2,1-2H3/b5-4+,17-16+. The Kier molecular flexibility index (Phi) is 17.1. The second kappa shape index (κ2) is 18.0. The Bertz CT molecular complexity index is 292. The fourth-order valence-corrected chi connectivity index (χ4v) is 2.38. The van der Waals surface area contributed by atoms with E-state index in [1.165, 1.54) is 71.1 Å². The predicted octanol–water partition coefficient (Wildman–Crippen LogP) is 6.36. The van der Waals surface area contributed by atoms with Gasteiger partial charge in [0.2, 0.25) is 0 Å². The van der Waals surface area contributed by atoms with Gasteiger partial charge in [-0.2, -0.15) is 0 Å². The van der Waals surface area contributed by atoms with Gasteiger partial charge in [0.1, 0.15) is 0 Å². The Morgan fingerprint density at radius 2 is 1.18 bits per heavy atom. The van der Waals surface area contributed by atoms with Crippen molar-refractivity contribution in [3.63, 3.8) is 0 Å². The molecule has 0 N–H and O–H groups in total. The van der Waals surface area contributed by atoms with Crippen LogP contribution >= 0.6 is 0 Å². The van der Waals surface area contributed by atoms with Gasteiger partial charge >= 0.3 is 5.97 Å². The molecular formula is C20H36O2. The highest BCUT2D eigenvalue weighted by atomic mass is 16.5. The molecule has 0 bridgehead atoms. The Balaban J connectivity index is 3.09. The lowest BCUT2D eigenvalue weighted by atomic mass is 10.1. The second-order valence-corrected chi connectivity index (χ2v) is 5.89. The van der Waals surface area contributed by atoms with Crippen molar-refractivity contribution >= 4 is 5.97 Å². The minimum absolute atomic E-state index is 0.189. The highest BCUT2D eigenvalue weighted by Gasteiger charge is 1.92. The average Bonchev–Trinajstić information content (AvgIpc) is 2.50. The third kappa shape index (κ3) is 18.9. The molecule has 0 saturated carbocycles. The van der Waals surface area contributed by atoms with E-state index in [1.54, 1.807) is 0 Å². The summed E-state index contributed by atoms with van der Waals surface area (Å²) in [4.78, 5) is 10.6. The largest absolute Gasteiger partial charge is 0.466 e. The highest BCUT2D eigenvalue weighted by Crippen LogP contribution is 2.11. The van der Waals surface area contributed by atoms with E-state index in [1.807, 2.05) is 0 Å². The van der Waals surface area contributed by atoms with E-state index < -0.39 is 0 Å². The van der Waals surface area contributed by atoms with Gasteiger partial charge in [0.25, 0.3) is 0 Å². The number of carbonyl (C=O) groups is 1. The zero-order chi connectivity index (χ0) is 16.3. The first-order valence-corrected chi connectivity index (χ1v) is 9.20. The molecule has 2 nitrogen and oxygen atoms in total. The molecule has 0 aromatic rings. The Morgan fingerprint density at radius 3 is 1.68 bits per heavy atom. The van der Waals surface area contributed by atoms with Crippen LogP contribution in [0.2, 0.25) is 0 Å². The molecule has 0 aromatic heterocycles. The van der Waals surface area contributed by atoms with Crippen molar-refractivity contribution in [3.8, 4) is 0 Å². The monoisotopic (exact) mass is 308 g/mol. The maximum Gasteiger partial charge on any atom is 0.302 e. The number of ether oxygens (including phenoxy) is 1. The van der Waals surface area contributed by atoms with E-state index in [2.05, 4.69) is 31.2 Å². The van der Waals surface area contributed by atoms with Crippen molar-refractivity contribution in [1.82, 2.24) is 0 Å². The molecule has 2 heteroatoms. The van der Waals surface area contributed by atoms with E-state index in [0.717, 1.165) is 12.8 Å². The van der Waals surface area contributed by atoms with Crippen LogP contribution in [0.5, 0.6) is 0 Å². The second-order valence-electron chi connectivity index (χ2n) is 5.89. The maximum atomic E-state index is 10.6. The molecule has 0 aliphatic rings. The summed E-state index contributed by atoms with van der Waals surface area (Å²) >= 11 is 0. The summed E-state index contributed by atoms with van der Waals surface area (Å²) in [6, 6.07) is 0. The summed E-state index contributed by atoms with van der Waals surface area (Å²) in [6.45, 7) is 4.16. The average molecular weight is 309 g/mol. The van der Waals surface area contributed by atoms with Crippen molar-refractivity contribution in [2.45, 2.75) is 90.9 Å². The molecule has 22 heavy (non-hydrogen) atoms. The van der Waals surface area contributed by atoms with Gasteiger partial charge in [0.05, 0.1) is 6.61 Å². The number of hydrogen-bond acceptors (Lipinski definition) is 2. The van der Waals surface area contributed by atoms with Crippen LogP contribution in [0.25, 0.3) is 0 Å². The molecular weight excluding hydrogens is 272 g/mol. The van der Waals surface area contributed by atoms with Gasteiger partial charge in [-0.05, 0) is 38.5 Å². The van der Waals surface area contributed by atoms with E-state index in [-0.39, 0.29) is 5.97 Å². The van der Waals surface area contributed by atoms with Crippen LogP contribution in [0.4, 0.5) is 0 Å². The van der Waals surface area contributed by atoms with Crippen molar-refractivity contribution in [2.75, 3.05) is 6.61 Å². The first-order chi connectivity index (χ1) is 10.8. The highest BCUT2D eigenvalue weighted by molar-refractivity contribution is 5.65. The zero-order valence-electron chi connectivity index (χ0n) is 14.8. The lowest BCUT2D eigenvalue weighted by Crippen LogP contribution is -1.98. The molecule has 0 amide bonds. The third-order valence-electron chi connectivity index (χ3n) is 3.65. The summed E-state index contributed by atoms with van der Waals surface area (Å²) in [5.74, 6) is -0.189. The number of hydrogen-bond donors (Lipinski definition) is 0. The normalized spacial score (nSPS) is 11.5. The van der Waals surface area contributed by atoms with Gasteiger partial charge in [0, 0.05) is 6.92 Å². The number of unbranched alkanes of at least 4 members (excludes halogenated alkanes) is 9.